The third-order valence-electron chi connectivity index (χ3n) is 3.74. The lowest BCUT2D eigenvalue weighted by Crippen LogP contribution is -2.34. The molecule has 118 valence electrons. The molecular weight excluding hydrogens is 294 g/mol. The quantitative estimate of drug-likeness (QED) is 0.889. The van der Waals surface area contributed by atoms with Crippen molar-refractivity contribution >= 4 is 17.2 Å². The van der Waals surface area contributed by atoms with Gasteiger partial charge in [-0.1, -0.05) is 44.2 Å². The van der Waals surface area contributed by atoms with Crippen molar-refractivity contribution in [2.75, 3.05) is 13.6 Å². The Bertz CT molecular complexity index is 609. The van der Waals surface area contributed by atoms with Gasteiger partial charge in [-0.05, 0) is 12.3 Å². The van der Waals surface area contributed by atoms with Crippen LogP contribution in [0.3, 0.4) is 0 Å². The van der Waals surface area contributed by atoms with Crippen LogP contribution in [0.2, 0.25) is 0 Å². The zero-order valence-corrected chi connectivity index (χ0v) is 14.1. The van der Waals surface area contributed by atoms with E-state index in [1.807, 2.05) is 35.7 Å². The van der Waals surface area contributed by atoms with Crippen molar-refractivity contribution in [3.63, 3.8) is 0 Å². The zero-order chi connectivity index (χ0) is 16.1. The molecule has 0 bridgehead atoms. The lowest BCUT2D eigenvalue weighted by Gasteiger charge is -2.20. The van der Waals surface area contributed by atoms with Crippen molar-refractivity contribution in [2.45, 2.75) is 26.3 Å². The van der Waals surface area contributed by atoms with E-state index in [0.717, 1.165) is 17.0 Å². The maximum atomic E-state index is 12.4. The third-order valence-corrected chi connectivity index (χ3v) is 4.64. The number of benzene rings is 1. The zero-order valence-electron chi connectivity index (χ0n) is 13.3. The van der Waals surface area contributed by atoms with E-state index >= 15 is 0 Å². The fourth-order valence-electron chi connectivity index (χ4n) is 2.06. The summed E-state index contributed by atoms with van der Waals surface area (Å²) in [6.07, 6.45) is 0.801. The van der Waals surface area contributed by atoms with E-state index in [9.17, 15) is 4.79 Å². The van der Waals surface area contributed by atoms with Crippen molar-refractivity contribution in [2.24, 2.45) is 11.7 Å². The van der Waals surface area contributed by atoms with E-state index in [0.29, 0.717) is 18.2 Å². The van der Waals surface area contributed by atoms with E-state index in [4.69, 9.17) is 5.73 Å². The van der Waals surface area contributed by atoms with E-state index in [1.54, 1.807) is 11.9 Å². The van der Waals surface area contributed by atoms with Gasteiger partial charge in [0.2, 0.25) is 0 Å². The summed E-state index contributed by atoms with van der Waals surface area (Å²) in [7, 11) is 1.80. The van der Waals surface area contributed by atoms with Crippen LogP contribution in [0.5, 0.6) is 0 Å². The number of aromatic nitrogens is 1. The average molecular weight is 317 g/mol. The third kappa shape index (κ3) is 4.15. The largest absolute Gasteiger partial charge is 0.340 e. The van der Waals surface area contributed by atoms with Gasteiger partial charge in [0.25, 0.3) is 5.91 Å². The Morgan fingerprint density at radius 3 is 2.64 bits per heavy atom. The molecule has 2 N–H and O–H groups in total. The van der Waals surface area contributed by atoms with Crippen LogP contribution >= 0.6 is 11.3 Å². The number of nitrogens with zero attached hydrogens (tertiary/aromatic N) is 2. The van der Waals surface area contributed by atoms with Crippen LogP contribution in [0.25, 0.3) is 10.6 Å². The fourth-order valence-corrected chi connectivity index (χ4v) is 2.86. The number of hydrogen-bond acceptors (Lipinski definition) is 4. The van der Waals surface area contributed by atoms with Crippen LogP contribution in [0.15, 0.2) is 35.7 Å². The molecule has 1 unspecified atom stereocenters. The molecule has 1 aromatic carbocycles. The molecule has 0 saturated carbocycles. The molecule has 0 aliphatic carbocycles. The number of carbonyl (C=O) groups is 1. The molecule has 2 rings (SSSR count). The van der Waals surface area contributed by atoms with E-state index in [1.165, 1.54) is 11.3 Å². The highest BCUT2D eigenvalue weighted by Gasteiger charge is 2.17. The molecule has 1 atom stereocenters. The molecule has 0 radical (unpaired) electrons. The maximum absolute atomic E-state index is 12.4. The Hall–Kier alpha value is -1.72. The van der Waals surface area contributed by atoms with Gasteiger partial charge >= 0.3 is 0 Å². The lowest BCUT2D eigenvalue weighted by atomic mass is 10.0. The minimum atomic E-state index is -0.0469. The molecule has 22 heavy (non-hydrogen) atoms. The van der Waals surface area contributed by atoms with Crippen molar-refractivity contribution in [1.29, 1.82) is 0 Å². The molecule has 2 aromatic rings. The lowest BCUT2D eigenvalue weighted by molar-refractivity contribution is 0.0784. The summed E-state index contributed by atoms with van der Waals surface area (Å²) in [4.78, 5) is 18.6. The van der Waals surface area contributed by atoms with Gasteiger partial charge in [-0.15, -0.1) is 11.3 Å². The summed E-state index contributed by atoms with van der Waals surface area (Å²) >= 11 is 1.49. The first-order valence-electron chi connectivity index (χ1n) is 7.51. The molecular formula is C17H23N3OS. The number of nitrogens with two attached hydrogens (primary N) is 1. The molecule has 0 aliphatic rings. The fraction of sp³-hybridized carbons (Fsp3) is 0.412. The van der Waals surface area contributed by atoms with Gasteiger partial charge < -0.3 is 10.6 Å². The molecule has 1 heterocycles. The second-order valence-corrected chi connectivity index (χ2v) is 6.69. The highest BCUT2D eigenvalue weighted by atomic mass is 32.1. The molecule has 0 aliphatic heterocycles. The average Bonchev–Trinajstić information content (AvgIpc) is 3.02. The van der Waals surface area contributed by atoms with Crippen LogP contribution in [0.4, 0.5) is 0 Å². The van der Waals surface area contributed by atoms with Gasteiger partial charge in [-0.2, -0.15) is 0 Å². The maximum Gasteiger partial charge on any atom is 0.273 e. The van der Waals surface area contributed by atoms with E-state index in [2.05, 4.69) is 18.8 Å². The summed E-state index contributed by atoms with van der Waals surface area (Å²) in [6, 6.07) is 10.0. The SMILES string of the molecule is CC(C)C(N)CCN(C)C(=O)c1csc(-c2ccccc2)n1. The molecule has 1 amide bonds. The number of rotatable bonds is 6. The Labute approximate surface area is 136 Å². The summed E-state index contributed by atoms with van der Waals surface area (Å²) < 4.78 is 0. The Morgan fingerprint density at radius 1 is 1.32 bits per heavy atom. The highest BCUT2D eigenvalue weighted by molar-refractivity contribution is 7.13. The molecule has 0 saturated heterocycles. The molecule has 5 heteroatoms. The van der Waals surface area contributed by atoms with Gasteiger partial charge in [0.1, 0.15) is 10.7 Å². The van der Waals surface area contributed by atoms with Crippen molar-refractivity contribution in [3.05, 3.63) is 41.4 Å². The number of amides is 1. The second-order valence-electron chi connectivity index (χ2n) is 5.83. The standard InChI is InChI=1S/C17H23N3OS/c1-12(2)14(18)9-10-20(3)17(21)15-11-22-16(19-15)13-7-5-4-6-8-13/h4-8,11-12,14H,9-10,18H2,1-3H3. The van der Waals surface area contributed by atoms with Crippen molar-refractivity contribution < 1.29 is 4.79 Å². The topological polar surface area (TPSA) is 59.2 Å². The van der Waals surface area contributed by atoms with Crippen molar-refractivity contribution in [1.82, 2.24) is 9.88 Å². The summed E-state index contributed by atoms with van der Waals surface area (Å²) in [5.74, 6) is 0.377. The van der Waals surface area contributed by atoms with Crippen LogP contribution in [-0.4, -0.2) is 35.4 Å². The summed E-state index contributed by atoms with van der Waals surface area (Å²) in [6.45, 7) is 4.84. The number of carbonyl (C=O) groups excluding carboxylic acids is 1. The Morgan fingerprint density at radius 2 is 2.00 bits per heavy atom. The van der Waals surface area contributed by atoms with E-state index in [-0.39, 0.29) is 11.9 Å². The van der Waals surface area contributed by atoms with Crippen molar-refractivity contribution in [3.8, 4) is 10.6 Å². The summed E-state index contributed by atoms with van der Waals surface area (Å²) in [5.41, 5.74) is 7.57. The Kier molecular flexibility index (Phi) is 5.69. The smallest absolute Gasteiger partial charge is 0.273 e. The van der Waals surface area contributed by atoms with Gasteiger partial charge in [0.15, 0.2) is 0 Å². The van der Waals surface area contributed by atoms with Gasteiger partial charge in [-0.3, -0.25) is 4.79 Å². The Balaban J connectivity index is 2.00. The molecule has 1 aromatic heterocycles. The minimum Gasteiger partial charge on any atom is -0.340 e. The van der Waals surface area contributed by atoms with Gasteiger partial charge in [-0.25, -0.2) is 4.98 Å². The molecule has 0 spiro atoms. The monoisotopic (exact) mass is 317 g/mol. The van der Waals surface area contributed by atoms with Crippen LogP contribution in [0.1, 0.15) is 30.8 Å². The highest BCUT2D eigenvalue weighted by Crippen LogP contribution is 2.23. The van der Waals surface area contributed by atoms with Crippen LogP contribution in [0, 0.1) is 5.92 Å². The van der Waals surface area contributed by atoms with Crippen LogP contribution < -0.4 is 5.73 Å². The van der Waals surface area contributed by atoms with Gasteiger partial charge in [0.05, 0.1) is 0 Å². The first kappa shape index (κ1) is 16.6. The predicted octanol–water partition coefficient (Wildman–Crippen LogP) is 3.26. The normalized spacial score (nSPS) is 12.4. The van der Waals surface area contributed by atoms with Crippen LogP contribution in [-0.2, 0) is 0 Å². The second kappa shape index (κ2) is 7.51. The first-order chi connectivity index (χ1) is 10.5. The predicted molar refractivity (Wildman–Crippen MR) is 91.9 cm³/mol. The summed E-state index contributed by atoms with van der Waals surface area (Å²) in [5, 5.41) is 2.69. The minimum absolute atomic E-state index is 0.0469. The van der Waals surface area contributed by atoms with E-state index < -0.39 is 0 Å². The van der Waals surface area contributed by atoms with Gasteiger partial charge in [0, 0.05) is 30.6 Å². The number of hydrogen-bond donors (Lipinski definition) is 1. The molecule has 4 nitrogen and oxygen atoms in total. The number of thiazole rings is 1. The molecule has 0 fully saturated rings. The first-order valence-corrected chi connectivity index (χ1v) is 8.39.